The van der Waals surface area contributed by atoms with Crippen LogP contribution >= 0.6 is 15.9 Å². The number of benzene rings is 1. The number of ether oxygens (including phenoxy) is 1. The Kier molecular flexibility index (Phi) is 4.91. The molecule has 1 unspecified atom stereocenters. The summed E-state index contributed by atoms with van der Waals surface area (Å²) in [6.45, 7) is 4.82. The van der Waals surface area contributed by atoms with Crippen molar-refractivity contribution < 1.29 is 9.84 Å². The van der Waals surface area contributed by atoms with Gasteiger partial charge in [0.2, 0.25) is 0 Å². The van der Waals surface area contributed by atoms with Crippen molar-refractivity contribution in [2.45, 2.75) is 52.1 Å². The summed E-state index contributed by atoms with van der Waals surface area (Å²) in [4.78, 5) is 0. The van der Waals surface area contributed by atoms with Crippen molar-refractivity contribution in [1.82, 2.24) is 0 Å². The van der Waals surface area contributed by atoms with Crippen LogP contribution in [0.25, 0.3) is 0 Å². The lowest BCUT2D eigenvalue weighted by atomic mass is 9.75. The van der Waals surface area contributed by atoms with Gasteiger partial charge < -0.3 is 9.84 Å². The van der Waals surface area contributed by atoms with Gasteiger partial charge in [0.25, 0.3) is 0 Å². The van der Waals surface area contributed by atoms with Gasteiger partial charge >= 0.3 is 0 Å². The highest BCUT2D eigenvalue weighted by Gasteiger charge is 2.39. The molecule has 1 atom stereocenters. The minimum Gasteiger partial charge on any atom is -0.493 e. The Labute approximate surface area is 124 Å². The van der Waals surface area contributed by atoms with Crippen LogP contribution in [-0.4, -0.2) is 11.7 Å². The second-order valence-corrected chi connectivity index (χ2v) is 6.30. The van der Waals surface area contributed by atoms with Crippen LogP contribution in [0.1, 0.15) is 57.6 Å². The molecule has 1 aliphatic rings. The van der Waals surface area contributed by atoms with E-state index in [4.69, 9.17) is 4.74 Å². The first kappa shape index (κ1) is 14.9. The molecule has 19 heavy (non-hydrogen) atoms. The van der Waals surface area contributed by atoms with Crippen LogP contribution in [0, 0.1) is 5.41 Å². The van der Waals surface area contributed by atoms with Gasteiger partial charge in [-0.3, -0.25) is 0 Å². The average molecular weight is 327 g/mol. The maximum atomic E-state index is 10.8. The van der Waals surface area contributed by atoms with Crippen LogP contribution < -0.4 is 4.74 Å². The zero-order chi connectivity index (χ0) is 13.9. The van der Waals surface area contributed by atoms with Crippen molar-refractivity contribution in [1.29, 1.82) is 0 Å². The van der Waals surface area contributed by atoms with E-state index in [-0.39, 0.29) is 11.5 Å². The molecule has 2 nitrogen and oxygen atoms in total. The molecule has 0 radical (unpaired) electrons. The molecule has 0 amide bonds. The molecule has 0 bridgehead atoms. The van der Waals surface area contributed by atoms with E-state index in [0.717, 1.165) is 35.0 Å². The Bertz CT molecular complexity index is 425. The summed E-state index contributed by atoms with van der Waals surface area (Å²) in [5, 5.41) is 10.8. The number of hydrogen-bond acceptors (Lipinski definition) is 2. The lowest BCUT2D eigenvalue weighted by Gasteiger charge is -2.33. The summed E-state index contributed by atoms with van der Waals surface area (Å²) in [7, 11) is 0. The standard InChI is InChI=1S/C16H23BrO2/c1-3-16(9-5-6-10-16)15(18)12-7-8-14(19-4-2)13(17)11-12/h7-8,11,15,18H,3-6,9-10H2,1-2H3. The highest BCUT2D eigenvalue weighted by molar-refractivity contribution is 9.10. The van der Waals surface area contributed by atoms with Crippen LogP contribution in [0.5, 0.6) is 5.75 Å². The van der Waals surface area contributed by atoms with Gasteiger partial charge in [-0.2, -0.15) is 0 Å². The van der Waals surface area contributed by atoms with Crippen LogP contribution in [0.4, 0.5) is 0 Å². The fraction of sp³-hybridized carbons (Fsp3) is 0.625. The third kappa shape index (κ3) is 2.97. The van der Waals surface area contributed by atoms with E-state index in [1.807, 2.05) is 25.1 Å². The van der Waals surface area contributed by atoms with Gasteiger partial charge in [0.05, 0.1) is 17.2 Å². The predicted molar refractivity (Wildman–Crippen MR) is 81.5 cm³/mol. The Morgan fingerprint density at radius 1 is 1.32 bits per heavy atom. The zero-order valence-corrected chi connectivity index (χ0v) is 13.4. The molecule has 0 heterocycles. The molecule has 1 aliphatic carbocycles. The lowest BCUT2D eigenvalue weighted by Crippen LogP contribution is -2.25. The third-order valence-electron chi connectivity index (χ3n) is 4.46. The molecule has 0 aromatic heterocycles. The van der Waals surface area contributed by atoms with E-state index in [1.54, 1.807) is 0 Å². The second-order valence-electron chi connectivity index (χ2n) is 5.45. The fourth-order valence-corrected chi connectivity index (χ4v) is 3.72. The second kappa shape index (κ2) is 6.27. The zero-order valence-electron chi connectivity index (χ0n) is 11.8. The Morgan fingerprint density at radius 3 is 2.53 bits per heavy atom. The van der Waals surface area contributed by atoms with E-state index >= 15 is 0 Å². The van der Waals surface area contributed by atoms with Crippen molar-refractivity contribution in [2.75, 3.05) is 6.61 Å². The Balaban J connectivity index is 2.23. The molecule has 1 fully saturated rings. The number of aliphatic hydroxyl groups excluding tert-OH is 1. The minimum atomic E-state index is -0.369. The van der Waals surface area contributed by atoms with Crippen molar-refractivity contribution in [3.63, 3.8) is 0 Å². The first-order chi connectivity index (χ1) is 9.13. The topological polar surface area (TPSA) is 29.5 Å². The number of hydrogen-bond donors (Lipinski definition) is 1. The Hall–Kier alpha value is -0.540. The minimum absolute atomic E-state index is 0.0760. The van der Waals surface area contributed by atoms with E-state index < -0.39 is 0 Å². The molecule has 1 saturated carbocycles. The molecular formula is C16H23BrO2. The van der Waals surface area contributed by atoms with Gasteiger partial charge in [0, 0.05) is 5.41 Å². The maximum absolute atomic E-state index is 10.8. The Morgan fingerprint density at radius 2 is 2.00 bits per heavy atom. The quantitative estimate of drug-likeness (QED) is 0.837. The van der Waals surface area contributed by atoms with Crippen molar-refractivity contribution in [2.24, 2.45) is 5.41 Å². The molecule has 1 N–H and O–H groups in total. The lowest BCUT2D eigenvalue weighted by molar-refractivity contribution is 0.0237. The number of rotatable bonds is 5. The molecule has 0 spiro atoms. The first-order valence-corrected chi connectivity index (χ1v) is 8.02. The summed E-state index contributed by atoms with van der Waals surface area (Å²) in [5.74, 6) is 0.843. The van der Waals surface area contributed by atoms with E-state index in [1.165, 1.54) is 12.8 Å². The maximum Gasteiger partial charge on any atom is 0.133 e. The predicted octanol–water partition coefficient (Wildman–Crippen LogP) is 4.85. The van der Waals surface area contributed by atoms with E-state index in [2.05, 4.69) is 22.9 Å². The number of aliphatic hydroxyl groups is 1. The number of halogens is 1. The van der Waals surface area contributed by atoms with Crippen LogP contribution in [-0.2, 0) is 0 Å². The SMILES string of the molecule is CCOc1ccc(C(O)C2(CC)CCCC2)cc1Br. The van der Waals surface area contributed by atoms with Gasteiger partial charge in [0.15, 0.2) is 0 Å². The molecule has 0 saturated heterocycles. The summed E-state index contributed by atoms with van der Waals surface area (Å²) in [6.07, 6.45) is 5.42. The van der Waals surface area contributed by atoms with Crippen molar-refractivity contribution in [3.05, 3.63) is 28.2 Å². The van der Waals surface area contributed by atoms with E-state index in [0.29, 0.717) is 6.61 Å². The normalized spacial score (nSPS) is 19.4. The summed E-state index contributed by atoms with van der Waals surface area (Å²) in [6, 6.07) is 5.95. The van der Waals surface area contributed by atoms with Crippen LogP contribution in [0.15, 0.2) is 22.7 Å². The fourth-order valence-electron chi connectivity index (χ4n) is 3.21. The third-order valence-corrected chi connectivity index (χ3v) is 5.07. The average Bonchev–Trinajstić information content (AvgIpc) is 2.90. The van der Waals surface area contributed by atoms with Gasteiger partial charge in [-0.25, -0.2) is 0 Å². The van der Waals surface area contributed by atoms with Crippen LogP contribution in [0.3, 0.4) is 0 Å². The summed E-state index contributed by atoms with van der Waals surface area (Å²) in [5.41, 5.74) is 1.08. The molecule has 1 aromatic carbocycles. The van der Waals surface area contributed by atoms with Gasteiger partial charge in [0.1, 0.15) is 5.75 Å². The summed E-state index contributed by atoms with van der Waals surface area (Å²) < 4.78 is 6.45. The van der Waals surface area contributed by atoms with Gasteiger partial charge in [-0.05, 0) is 59.8 Å². The van der Waals surface area contributed by atoms with Crippen molar-refractivity contribution >= 4 is 15.9 Å². The van der Waals surface area contributed by atoms with E-state index in [9.17, 15) is 5.11 Å². The largest absolute Gasteiger partial charge is 0.493 e. The highest BCUT2D eigenvalue weighted by Crippen LogP contribution is 2.50. The summed E-state index contributed by atoms with van der Waals surface area (Å²) >= 11 is 3.53. The first-order valence-electron chi connectivity index (χ1n) is 7.23. The van der Waals surface area contributed by atoms with Crippen molar-refractivity contribution in [3.8, 4) is 5.75 Å². The monoisotopic (exact) mass is 326 g/mol. The highest BCUT2D eigenvalue weighted by atomic mass is 79.9. The molecule has 0 aliphatic heterocycles. The molecule has 106 valence electrons. The van der Waals surface area contributed by atoms with Gasteiger partial charge in [-0.15, -0.1) is 0 Å². The molecule has 2 rings (SSSR count). The van der Waals surface area contributed by atoms with Crippen LogP contribution in [0.2, 0.25) is 0 Å². The molecule has 1 aromatic rings. The van der Waals surface area contributed by atoms with Gasteiger partial charge in [-0.1, -0.05) is 25.8 Å². The smallest absolute Gasteiger partial charge is 0.133 e. The molecular weight excluding hydrogens is 304 g/mol. The molecule has 3 heteroatoms.